The van der Waals surface area contributed by atoms with E-state index >= 15 is 0 Å². The average Bonchev–Trinajstić information content (AvgIpc) is 2.30. The fraction of sp³-hybridized carbons (Fsp3) is 0. The van der Waals surface area contributed by atoms with Gasteiger partial charge >= 0.3 is 329 Å². The van der Waals surface area contributed by atoms with Crippen LogP contribution in [0, 0.1) is 0 Å². The van der Waals surface area contributed by atoms with Gasteiger partial charge in [0.25, 0.3) is 0 Å². The molecule has 0 saturated heterocycles. The van der Waals surface area contributed by atoms with Crippen molar-refractivity contribution in [2.45, 2.75) is 0 Å². The van der Waals surface area contributed by atoms with Crippen LogP contribution in [0.3, 0.4) is 0 Å². The van der Waals surface area contributed by atoms with Crippen molar-refractivity contribution in [2.24, 2.45) is 0 Å². The summed E-state index contributed by atoms with van der Waals surface area (Å²) in [6.07, 6.45) is 0. The molecule has 0 fully saturated rings. The zero-order valence-electron chi connectivity index (χ0n) is 15.0. The molecule has 0 aromatic carbocycles. The maximum absolute atomic E-state index is 8.62. The van der Waals surface area contributed by atoms with Crippen LogP contribution in [-0.4, -0.2) is 97.9 Å². The van der Waals surface area contributed by atoms with Gasteiger partial charge in [-0.3, -0.25) is 0 Å². The van der Waals surface area contributed by atoms with Crippen molar-refractivity contribution in [3.05, 3.63) is 0 Å². The summed E-state index contributed by atoms with van der Waals surface area (Å²) < 4.78 is 207. The first-order chi connectivity index (χ1) is 13.9. The molecule has 0 rings (SSSR count). The molecule has 0 bridgehead atoms. The van der Waals surface area contributed by atoms with Crippen LogP contribution in [0.2, 0.25) is 0 Å². The van der Waals surface area contributed by atoms with Gasteiger partial charge in [0.15, 0.2) is 0 Å². The van der Waals surface area contributed by atoms with Crippen molar-refractivity contribution in [1.82, 2.24) is 0 Å². The molecule has 0 N–H and O–H groups in total. The maximum atomic E-state index is 8.62. The largest absolute Gasteiger partial charge is 2.00 e. The van der Waals surface area contributed by atoms with E-state index in [4.69, 9.17) is 80.9 Å². The second-order valence-corrected chi connectivity index (χ2v) is 14.6. The number of hydrogen-bond donors (Lipinski definition) is 0. The molecule has 35 heteroatoms. The Morgan fingerprint density at radius 3 is 0.229 bits per heavy atom. The van der Waals surface area contributed by atoms with E-state index in [0.29, 0.717) is 0 Å². The van der Waals surface area contributed by atoms with Crippen LogP contribution >= 0.6 is 0 Å². The fourth-order valence-corrected chi connectivity index (χ4v) is 0. The van der Waals surface area contributed by atoms with Gasteiger partial charge in [-0.25, -0.2) is 0 Å². The van der Waals surface area contributed by atoms with Crippen LogP contribution in [0.15, 0.2) is 0 Å². The Morgan fingerprint density at radius 1 is 0.229 bits per heavy atom. The van der Waals surface area contributed by atoms with Gasteiger partial charge in [-0.15, -0.1) is 0 Å². The van der Waals surface area contributed by atoms with Crippen LogP contribution < -0.4 is 28.9 Å². The van der Waals surface area contributed by atoms with Crippen LogP contribution in [0.1, 0.15) is 0 Å². The Hall–Kier alpha value is 5.65. The van der Waals surface area contributed by atoms with Crippen molar-refractivity contribution < 1.29 is 231 Å². The Labute approximate surface area is 321 Å². The smallest absolute Gasteiger partial charge is 2.00 e. The Balaban J connectivity index is -0.0000000206. The first-order valence-electron chi connectivity index (χ1n) is 4.38. The van der Waals surface area contributed by atoms with Crippen LogP contribution in [0.4, 0.5) is 0 Å². The summed E-state index contributed by atoms with van der Waals surface area (Å²) >= 11 is -34.7. The van der Waals surface area contributed by atoms with Crippen molar-refractivity contribution in [3.8, 4) is 0 Å². The molecule has 0 aliphatic rings. The van der Waals surface area contributed by atoms with E-state index in [1.165, 1.54) is 0 Å². The van der Waals surface area contributed by atoms with Crippen LogP contribution in [0.5, 0.6) is 0 Å². The molecular formula is Bi2O24SrTa8. The number of hydrogen-bond acceptors (Lipinski definition) is 24. The van der Waals surface area contributed by atoms with Crippen LogP contribution in [-0.2, 0) is 202 Å². The molecule has 24 nitrogen and oxygen atoms in total. The molecule has 0 saturated carbocycles. The molecule has 196 valence electrons. The van der Waals surface area contributed by atoms with Gasteiger partial charge < -0.3 is 0 Å². The average molecular weight is 2340 g/mol. The second-order valence-electron chi connectivity index (χ2n) is 1.79. The molecule has 0 aliphatic heterocycles. The predicted octanol–water partition coefficient (Wildman–Crippen LogP) is -12.6. The molecule has 0 unspecified atom stereocenters. The van der Waals surface area contributed by atoms with Gasteiger partial charge in [0.1, 0.15) is 0 Å². The van der Waals surface area contributed by atoms with E-state index in [0.717, 1.165) is 0 Å². The summed E-state index contributed by atoms with van der Waals surface area (Å²) in [6.45, 7) is 0. The van der Waals surface area contributed by atoms with E-state index in [9.17, 15) is 0 Å². The molecule has 0 aromatic heterocycles. The second kappa shape index (κ2) is 67.4. The van der Waals surface area contributed by atoms with E-state index in [-0.39, 0.29) is 97.9 Å². The molecule has 0 spiro atoms. The summed E-state index contributed by atoms with van der Waals surface area (Å²) in [4.78, 5) is 0. The topological polar surface area (TPSA) is 458 Å². The predicted molar refractivity (Wildman–Crippen MR) is 28.2 cm³/mol. The summed E-state index contributed by atoms with van der Waals surface area (Å²) in [5, 5.41) is 0. The molecular weight excluding hydrogens is 2340 g/mol. The zero-order chi connectivity index (χ0) is 28.6. The summed E-state index contributed by atoms with van der Waals surface area (Å²) in [5.74, 6) is 0. The standard InChI is InChI=1S/2Bi.24O.Sr.8Ta/q2*+3;;;;;;;;;;;;;;;;;8*-1;+2;;;;;;;;. The van der Waals surface area contributed by atoms with Gasteiger partial charge in [0.2, 0.25) is 0 Å². The van der Waals surface area contributed by atoms with Crippen molar-refractivity contribution in [3.63, 3.8) is 0 Å². The molecule has 4 radical (unpaired) electrons. The van der Waals surface area contributed by atoms with Crippen LogP contribution in [0.25, 0.3) is 0 Å². The minimum atomic E-state index is -4.34. The van der Waals surface area contributed by atoms with E-state index < -0.39 is 150 Å². The normalized spacial score (nSPS) is 5.71. The number of rotatable bonds is 0. The van der Waals surface area contributed by atoms with Crippen molar-refractivity contribution in [1.29, 1.82) is 0 Å². The van der Waals surface area contributed by atoms with Gasteiger partial charge in [0, 0.05) is 0 Å². The SMILES string of the molecule is [Bi+3].[Bi+3].[O]=[Ta](=[O])[O-].[O]=[Ta](=[O])[O-].[O]=[Ta](=[O])[O-].[O]=[Ta](=[O])[O-].[O]=[Ta](=[O])[O-].[O]=[Ta](=[O])[O-].[O]=[Ta](=[O])[O-].[O]=[Ta](=[O])[O-].[Sr+2]. The fourth-order valence-electron chi connectivity index (χ4n) is 0. The molecule has 35 heavy (non-hydrogen) atoms. The third-order valence-electron chi connectivity index (χ3n) is 0. The Morgan fingerprint density at radius 2 is 0.229 bits per heavy atom. The molecule has 0 amide bonds. The molecule has 0 aliphatic carbocycles. The third-order valence-corrected chi connectivity index (χ3v) is 0. The molecule has 0 aromatic rings. The minimum Gasteiger partial charge on any atom is 2.00 e. The van der Waals surface area contributed by atoms with Crippen molar-refractivity contribution in [2.75, 3.05) is 0 Å². The Kier molecular flexibility index (Phi) is 140. The van der Waals surface area contributed by atoms with Gasteiger partial charge in [0.05, 0.1) is 0 Å². The van der Waals surface area contributed by atoms with Gasteiger partial charge in [-0.2, -0.15) is 0 Å². The monoisotopic (exact) mass is 2340 g/mol. The summed E-state index contributed by atoms with van der Waals surface area (Å²) in [5.41, 5.74) is 0. The minimum absolute atomic E-state index is 0. The van der Waals surface area contributed by atoms with E-state index in [2.05, 4.69) is 0 Å². The van der Waals surface area contributed by atoms with Gasteiger partial charge in [-0.05, 0) is 0 Å². The zero-order valence-corrected chi connectivity index (χ0v) is 51.1. The van der Waals surface area contributed by atoms with E-state index in [1.54, 1.807) is 0 Å². The summed E-state index contributed by atoms with van der Waals surface area (Å²) in [6, 6.07) is 0. The first kappa shape index (κ1) is 72.7. The first-order valence-corrected chi connectivity index (χ1v) is 35.9. The van der Waals surface area contributed by atoms with Gasteiger partial charge in [-0.1, -0.05) is 0 Å². The maximum Gasteiger partial charge on any atom is 2.00 e. The quantitative estimate of drug-likeness (QED) is 0.203. The Bertz CT molecular complexity index is 671. The molecule has 0 atom stereocenters. The summed E-state index contributed by atoms with van der Waals surface area (Å²) in [7, 11) is 0. The van der Waals surface area contributed by atoms with Crippen molar-refractivity contribution >= 4 is 97.9 Å². The third kappa shape index (κ3) is 1760. The van der Waals surface area contributed by atoms with E-state index in [1.807, 2.05) is 0 Å². The molecule has 0 heterocycles.